The fourth-order valence-electron chi connectivity index (χ4n) is 1.91. The topological polar surface area (TPSA) is 66.5 Å². The van der Waals surface area contributed by atoms with E-state index in [-0.39, 0.29) is 11.5 Å². The highest BCUT2D eigenvalue weighted by atomic mass is 19.3. The Morgan fingerprint density at radius 2 is 1.73 bits per heavy atom. The number of hydrogen-bond donors (Lipinski definition) is 3. The predicted octanol–water partition coefficient (Wildman–Crippen LogP) is 1.68. The van der Waals surface area contributed by atoms with Crippen LogP contribution in [0.3, 0.4) is 0 Å². The van der Waals surface area contributed by atoms with E-state index in [1.807, 2.05) is 0 Å². The smallest absolute Gasteiger partial charge is 0.252 e. The van der Waals surface area contributed by atoms with Gasteiger partial charge in [-0.1, -0.05) is 6.07 Å². The highest BCUT2D eigenvalue weighted by Crippen LogP contribution is 2.50. The molecule has 0 spiro atoms. The SMILES string of the molecule is NC1(c2ccc(O)c(O)c2)CC(F)(F)C1. The lowest BCUT2D eigenvalue weighted by Crippen LogP contribution is -2.55. The molecule has 0 unspecified atom stereocenters. The summed E-state index contributed by atoms with van der Waals surface area (Å²) in [7, 11) is 0. The molecule has 1 saturated carbocycles. The molecule has 0 saturated heterocycles. The lowest BCUT2D eigenvalue weighted by Gasteiger charge is -2.44. The van der Waals surface area contributed by atoms with Crippen molar-refractivity contribution in [3.05, 3.63) is 23.8 Å². The van der Waals surface area contributed by atoms with Gasteiger partial charge in [-0.2, -0.15) is 0 Å². The summed E-state index contributed by atoms with van der Waals surface area (Å²) in [5.74, 6) is -3.34. The van der Waals surface area contributed by atoms with E-state index in [2.05, 4.69) is 0 Å². The van der Waals surface area contributed by atoms with Gasteiger partial charge in [0.1, 0.15) is 0 Å². The molecule has 3 nitrogen and oxygen atoms in total. The van der Waals surface area contributed by atoms with Gasteiger partial charge in [0.15, 0.2) is 11.5 Å². The molecule has 1 fully saturated rings. The van der Waals surface area contributed by atoms with Gasteiger partial charge < -0.3 is 15.9 Å². The Morgan fingerprint density at radius 1 is 1.13 bits per heavy atom. The zero-order chi connectivity index (χ0) is 11.3. The van der Waals surface area contributed by atoms with E-state index in [1.54, 1.807) is 0 Å². The minimum Gasteiger partial charge on any atom is -0.504 e. The van der Waals surface area contributed by atoms with E-state index in [0.29, 0.717) is 5.56 Å². The molecule has 0 heterocycles. The summed E-state index contributed by atoms with van der Waals surface area (Å²) in [6.45, 7) is 0. The minimum absolute atomic E-state index is 0.284. The monoisotopic (exact) mass is 215 g/mol. The zero-order valence-corrected chi connectivity index (χ0v) is 7.87. The van der Waals surface area contributed by atoms with E-state index >= 15 is 0 Å². The van der Waals surface area contributed by atoms with Crippen molar-refractivity contribution < 1.29 is 19.0 Å². The van der Waals surface area contributed by atoms with Crippen molar-refractivity contribution in [1.29, 1.82) is 0 Å². The Labute approximate surface area is 85.1 Å². The fraction of sp³-hybridized carbons (Fsp3) is 0.400. The molecule has 2 rings (SSSR count). The Kier molecular flexibility index (Phi) is 1.91. The lowest BCUT2D eigenvalue weighted by atomic mass is 9.70. The maximum absolute atomic E-state index is 12.7. The normalized spacial score (nSPS) is 22.1. The van der Waals surface area contributed by atoms with Crippen molar-refractivity contribution >= 4 is 0 Å². The molecule has 0 aromatic heterocycles. The summed E-state index contributed by atoms with van der Waals surface area (Å²) in [5.41, 5.74) is 5.08. The Morgan fingerprint density at radius 3 is 2.20 bits per heavy atom. The number of nitrogens with two attached hydrogens (primary N) is 1. The molecule has 1 aliphatic rings. The van der Waals surface area contributed by atoms with Gasteiger partial charge in [-0.05, 0) is 17.7 Å². The first kappa shape index (κ1) is 10.2. The third kappa shape index (κ3) is 1.63. The number of benzene rings is 1. The number of alkyl halides is 2. The second-order valence-electron chi connectivity index (χ2n) is 4.07. The van der Waals surface area contributed by atoms with E-state index < -0.39 is 24.3 Å². The van der Waals surface area contributed by atoms with Gasteiger partial charge in [-0.3, -0.25) is 0 Å². The number of phenols is 2. The van der Waals surface area contributed by atoms with Crippen molar-refractivity contribution in [3.8, 4) is 11.5 Å². The van der Waals surface area contributed by atoms with Crippen LogP contribution in [0.2, 0.25) is 0 Å². The first-order chi connectivity index (χ1) is 6.82. The maximum Gasteiger partial charge on any atom is 0.252 e. The van der Waals surface area contributed by atoms with Crippen LogP contribution in [0.5, 0.6) is 11.5 Å². The number of rotatable bonds is 1. The van der Waals surface area contributed by atoms with Gasteiger partial charge in [0.05, 0.1) is 5.54 Å². The molecule has 1 aromatic rings. The molecule has 1 aliphatic carbocycles. The molecule has 15 heavy (non-hydrogen) atoms. The molecule has 0 radical (unpaired) electrons. The number of halogens is 2. The highest BCUT2D eigenvalue weighted by Gasteiger charge is 2.55. The molecule has 0 atom stereocenters. The van der Waals surface area contributed by atoms with E-state index in [1.165, 1.54) is 18.2 Å². The molecule has 1 aromatic carbocycles. The second-order valence-corrected chi connectivity index (χ2v) is 4.07. The van der Waals surface area contributed by atoms with Gasteiger partial charge in [-0.25, -0.2) is 8.78 Å². The van der Waals surface area contributed by atoms with Crippen molar-refractivity contribution in [2.24, 2.45) is 5.73 Å². The third-order valence-corrected chi connectivity index (χ3v) is 2.70. The zero-order valence-electron chi connectivity index (χ0n) is 7.87. The van der Waals surface area contributed by atoms with Crippen molar-refractivity contribution in [1.82, 2.24) is 0 Å². The van der Waals surface area contributed by atoms with Gasteiger partial charge in [0.25, 0.3) is 5.92 Å². The van der Waals surface area contributed by atoms with E-state index in [4.69, 9.17) is 10.8 Å². The summed E-state index contributed by atoms with van der Waals surface area (Å²) in [5, 5.41) is 18.3. The van der Waals surface area contributed by atoms with Gasteiger partial charge >= 0.3 is 0 Å². The van der Waals surface area contributed by atoms with Crippen LogP contribution in [-0.4, -0.2) is 16.1 Å². The van der Waals surface area contributed by atoms with Gasteiger partial charge in [0.2, 0.25) is 0 Å². The number of aromatic hydroxyl groups is 2. The summed E-state index contributed by atoms with van der Waals surface area (Å²) < 4.78 is 25.4. The maximum atomic E-state index is 12.7. The molecule has 0 aliphatic heterocycles. The molecular formula is C10H11F2NO2. The molecular weight excluding hydrogens is 204 g/mol. The average Bonchev–Trinajstić information content (AvgIpc) is 2.06. The van der Waals surface area contributed by atoms with Crippen molar-refractivity contribution in [2.75, 3.05) is 0 Å². The van der Waals surface area contributed by atoms with Crippen LogP contribution in [0.4, 0.5) is 8.78 Å². The van der Waals surface area contributed by atoms with Crippen molar-refractivity contribution in [3.63, 3.8) is 0 Å². The van der Waals surface area contributed by atoms with Crippen LogP contribution in [0, 0.1) is 0 Å². The minimum atomic E-state index is -2.72. The summed E-state index contributed by atoms with van der Waals surface area (Å²) in [6.07, 6.45) is -0.853. The highest BCUT2D eigenvalue weighted by molar-refractivity contribution is 5.44. The first-order valence-corrected chi connectivity index (χ1v) is 4.52. The van der Waals surface area contributed by atoms with E-state index in [9.17, 15) is 13.9 Å². The predicted molar refractivity (Wildman–Crippen MR) is 49.8 cm³/mol. The standard InChI is InChI=1S/C10H11F2NO2/c11-10(12)4-9(13,5-10)6-1-2-7(14)8(15)3-6/h1-3,14-15H,4-5,13H2. The molecule has 0 bridgehead atoms. The molecule has 5 heteroatoms. The van der Waals surface area contributed by atoms with Gasteiger partial charge in [0, 0.05) is 12.8 Å². The third-order valence-electron chi connectivity index (χ3n) is 2.70. The molecule has 4 N–H and O–H groups in total. The van der Waals surface area contributed by atoms with Crippen LogP contribution in [0.25, 0.3) is 0 Å². The molecule has 0 amide bonds. The van der Waals surface area contributed by atoms with Crippen LogP contribution in [0.1, 0.15) is 18.4 Å². The van der Waals surface area contributed by atoms with Gasteiger partial charge in [-0.15, -0.1) is 0 Å². The summed E-state index contributed by atoms with van der Waals surface area (Å²) in [4.78, 5) is 0. The largest absolute Gasteiger partial charge is 0.504 e. The second kappa shape index (κ2) is 2.82. The Hall–Kier alpha value is -1.36. The fourth-order valence-corrected chi connectivity index (χ4v) is 1.91. The van der Waals surface area contributed by atoms with Crippen LogP contribution in [-0.2, 0) is 5.54 Å². The quantitative estimate of drug-likeness (QED) is 0.624. The number of hydrogen-bond acceptors (Lipinski definition) is 3. The van der Waals surface area contributed by atoms with Crippen LogP contribution in [0.15, 0.2) is 18.2 Å². The average molecular weight is 215 g/mol. The summed E-state index contributed by atoms with van der Waals surface area (Å²) >= 11 is 0. The lowest BCUT2D eigenvalue weighted by molar-refractivity contribution is -0.125. The van der Waals surface area contributed by atoms with Crippen LogP contribution >= 0.6 is 0 Å². The van der Waals surface area contributed by atoms with Crippen molar-refractivity contribution in [2.45, 2.75) is 24.3 Å². The summed E-state index contributed by atoms with van der Waals surface area (Å²) in [6, 6.07) is 3.92. The number of phenolic OH excluding ortho intramolecular Hbond substituents is 2. The van der Waals surface area contributed by atoms with Crippen LogP contribution < -0.4 is 5.73 Å². The Bertz CT molecular complexity index is 398. The van der Waals surface area contributed by atoms with E-state index in [0.717, 1.165) is 0 Å². The first-order valence-electron chi connectivity index (χ1n) is 4.52. The Balaban J connectivity index is 2.28. The molecule has 82 valence electrons.